The number of nitrogens with zero attached hydrogens (tertiary/aromatic N) is 3. The minimum atomic E-state index is -3.42. The van der Waals surface area contributed by atoms with Crippen molar-refractivity contribution < 1.29 is 17.6 Å². The molecule has 1 fully saturated rings. The van der Waals surface area contributed by atoms with Crippen LogP contribution in [-0.4, -0.2) is 49.1 Å². The molecule has 1 atom stereocenters. The molecular weight excluding hydrogens is 466 g/mol. The quantitative estimate of drug-likeness (QED) is 0.399. The van der Waals surface area contributed by atoms with E-state index in [0.717, 1.165) is 28.8 Å². The molecule has 2 aromatic carbocycles. The first-order valence-corrected chi connectivity index (χ1v) is 12.8. The summed E-state index contributed by atoms with van der Waals surface area (Å²) in [6, 6.07) is 16.4. The van der Waals surface area contributed by atoms with Crippen molar-refractivity contribution in [2.24, 2.45) is 0 Å². The first-order chi connectivity index (χ1) is 17.0. The van der Waals surface area contributed by atoms with Gasteiger partial charge in [-0.05, 0) is 54.9 Å². The Balaban J connectivity index is 1.41. The minimum Gasteiger partial charge on any atom is -0.416 e. The van der Waals surface area contributed by atoms with Gasteiger partial charge in [-0.3, -0.25) is 0 Å². The van der Waals surface area contributed by atoms with Gasteiger partial charge in [0.05, 0.1) is 22.3 Å². The van der Waals surface area contributed by atoms with Gasteiger partial charge in [0.2, 0.25) is 5.89 Å². The number of nitrogens with two attached hydrogens (primary N) is 1. The molecule has 1 aliphatic rings. The van der Waals surface area contributed by atoms with Gasteiger partial charge < -0.3 is 20.2 Å². The number of anilines is 1. The van der Waals surface area contributed by atoms with Crippen LogP contribution in [0.5, 0.6) is 0 Å². The predicted octanol–water partition coefficient (Wildman–Crippen LogP) is 3.33. The maximum atomic E-state index is 12.8. The Hall–Kier alpha value is -3.60. The largest absolute Gasteiger partial charge is 0.416 e. The topological polar surface area (TPSA) is 133 Å². The van der Waals surface area contributed by atoms with Crippen LogP contribution in [0, 0.1) is 0 Å². The van der Waals surface area contributed by atoms with Crippen molar-refractivity contribution in [1.29, 1.82) is 0 Å². The fourth-order valence-corrected chi connectivity index (χ4v) is 5.59. The van der Waals surface area contributed by atoms with Crippen molar-refractivity contribution in [3.8, 4) is 34.0 Å². The van der Waals surface area contributed by atoms with E-state index in [2.05, 4.69) is 20.5 Å². The zero-order valence-electron chi connectivity index (χ0n) is 19.1. The summed E-state index contributed by atoms with van der Waals surface area (Å²) in [5.41, 5.74) is 10.1. The molecule has 9 nitrogen and oxygen atoms in total. The molecule has 4 aromatic rings. The highest BCUT2D eigenvalue weighted by molar-refractivity contribution is 7.92. The maximum Gasteiger partial charge on any atom is 0.251 e. The second-order valence-corrected chi connectivity index (χ2v) is 10.6. The summed E-state index contributed by atoms with van der Waals surface area (Å²) in [7, 11) is -1.53. The molecule has 35 heavy (non-hydrogen) atoms. The van der Waals surface area contributed by atoms with Crippen molar-refractivity contribution in [3.63, 3.8) is 0 Å². The van der Waals surface area contributed by atoms with Gasteiger partial charge in [-0.1, -0.05) is 24.3 Å². The van der Waals surface area contributed by atoms with Gasteiger partial charge in [-0.15, -0.1) is 10.2 Å². The zero-order chi connectivity index (χ0) is 24.4. The number of hydrogen-bond acceptors (Lipinski definition) is 9. The molecule has 0 aliphatic carbocycles. The summed E-state index contributed by atoms with van der Waals surface area (Å²) < 4.78 is 36.7. The van der Waals surface area contributed by atoms with Crippen LogP contribution in [0.1, 0.15) is 12.0 Å². The molecule has 0 spiro atoms. The zero-order valence-corrected chi connectivity index (χ0v) is 20.0. The highest BCUT2D eigenvalue weighted by Crippen LogP contribution is 2.32. The van der Waals surface area contributed by atoms with Crippen LogP contribution in [0.2, 0.25) is 0 Å². The molecule has 0 amide bonds. The second kappa shape index (κ2) is 9.57. The Labute approximate surface area is 203 Å². The van der Waals surface area contributed by atoms with E-state index in [4.69, 9.17) is 14.9 Å². The Morgan fingerprint density at radius 1 is 1.00 bits per heavy atom. The highest BCUT2D eigenvalue weighted by Gasteiger charge is 2.31. The standard InChI is InChI=1S/C25H25N5O4S/c1-27-13-16-2-4-18(5-3-16)24-29-30-25(34-24)22-12-19(14-28-23(22)26)17-6-8-20(9-7-17)35(31,32)21-10-11-33-15-21/h2-9,12,14,21,27H,10-11,13,15H2,1H3,(H2,26,28). The predicted molar refractivity (Wildman–Crippen MR) is 132 cm³/mol. The average molecular weight is 492 g/mol. The van der Waals surface area contributed by atoms with E-state index in [1.807, 2.05) is 37.4 Å². The summed E-state index contributed by atoms with van der Waals surface area (Å²) in [4.78, 5) is 4.57. The van der Waals surface area contributed by atoms with E-state index in [1.54, 1.807) is 30.5 Å². The second-order valence-electron chi connectivity index (χ2n) is 8.35. The van der Waals surface area contributed by atoms with Crippen LogP contribution in [0.4, 0.5) is 5.82 Å². The van der Waals surface area contributed by atoms with E-state index in [-0.39, 0.29) is 23.2 Å². The van der Waals surface area contributed by atoms with Gasteiger partial charge in [-0.2, -0.15) is 0 Å². The van der Waals surface area contributed by atoms with Crippen LogP contribution >= 0.6 is 0 Å². The number of rotatable bonds is 7. The van der Waals surface area contributed by atoms with Gasteiger partial charge >= 0.3 is 0 Å². The lowest BCUT2D eigenvalue weighted by atomic mass is 10.1. The van der Waals surface area contributed by atoms with Crippen LogP contribution in [0.15, 0.2) is 70.1 Å². The lowest BCUT2D eigenvalue weighted by Crippen LogP contribution is -2.21. The summed E-state index contributed by atoms with van der Waals surface area (Å²) in [6.45, 7) is 1.48. The van der Waals surface area contributed by atoms with E-state index in [0.29, 0.717) is 24.5 Å². The lowest BCUT2D eigenvalue weighted by Gasteiger charge is -2.11. The molecule has 2 aromatic heterocycles. The molecular formula is C25H25N5O4S. The summed E-state index contributed by atoms with van der Waals surface area (Å²) in [5.74, 6) is 0.895. The van der Waals surface area contributed by atoms with E-state index in [9.17, 15) is 8.42 Å². The SMILES string of the molecule is CNCc1ccc(-c2nnc(-c3cc(-c4ccc(S(=O)(=O)C5CCOC5)cc4)cnc3N)o2)cc1. The Kier molecular flexibility index (Phi) is 6.33. The first-order valence-electron chi connectivity index (χ1n) is 11.2. The molecule has 1 saturated heterocycles. The number of sulfone groups is 1. The molecule has 3 heterocycles. The molecule has 0 radical (unpaired) electrons. The number of ether oxygens (including phenoxy) is 1. The highest BCUT2D eigenvalue weighted by atomic mass is 32.2. The third-order valence-electron chi connectivity index (χ3n) is 6.00. The van der Waals surface area contributed by atoms with Crippen LogP contribution in [0.25, 0.3) is 34.0 Å². The van der Waals surface area contributed by atoms with Crippen LogP contribution < -0.4 is 11.1 Å². The molecule has 0 bridgehead atoms. The van der Waals surface area contributed by atoms with E-state index < -0.39 is 15.1 Å². The Morgan fingerprint density at radius 2 is 1.71 bits per heavy atom. The van der Waals surface area contributed by atoms with Gasteiger partial charge in [0.25, 0.3) is 5.89 Å². The summed E-state index contributed by atoms with van der Waals surface area (Å²) in [6.07, 6.45) is 2.15. The molecule has 180 valence electrons. The van der Waals surface area contributed by atoms with Crippen molar-refractivity contribution in [1.82, 2.24) is 20.5 Å². The van der Waals surface area contributed by atoms with Crippen molar-refractivity contribution >= 4 is 15.7 Å². The Bertz CT molecular complexity index is 1430. The smallest absolute Gasteiger partial charge is 0.251 e. The summed E-state index contributed by atoms with van der Waals surface area (Å²) >= 11 is 0. The number of aromatic nitrogens is 3. The third kappa shape index (κ3) is 4.68. The van der Waals surface area contributed by atoms with Crippen LogP contribution in [0.3, 0.4) is 0 Å². The molecule has 10 heteroatoms. The fraction of sp³-hybridized carbons (Fsp3) is 0.240. The Morgan fingerprint density at radius 3 is 2.40 bits per heavy atom. The minimum absolute atomic E-state index is 0.238. The van der Waals surface area contributed by atoms with Crippen molar-refractivity contribution in [2.45, 2.75) is 23.1 Å². The van der Waals surface area contributed by atoms with Gasteiger partial charge in [-0.25, -0.2) is 13.4 Å². The van der Waals surface area contributed by atoms with E-state index >= 15 is 0 Å². The fourth-order valence-electron chi connectivity index (χ4n) is 4.01. The molecule has 1 unspecified atom stereocenters. The van der Waals surface area contributed by atoms with Gasteiger partial charge in [0.15, 0.2) is 9.84 Å². The monoisotopic (exact) mass is 491 g/mol. The number of nitrogens with one attached hydrogen (secondary N) is 1. The molecule has 3 N–H and O–H groups in total. The number of nitrogen functional groups attached to an aromatic ring is 1. The van der Waals surface area contributed by atoms with Crippen LogP contribution in [-0.2, 0) is 21.1 Å². The van der Waals surface area contributed by atoms with Crippen molar-refractivity contribution in [2.75, 3.05) is 26.0 Å². The molecule has 0 saturated carbocycles. The van der Waals surface area contributed by atoms with E-state index in [1.165, 1.54) is 0 Å². The summed E-state index contributed by atoms with van der Waals surface area (Å²) in [5, 5.41) is 10.9. The lowest BCUT2D eigenvalue weighted by molar-refractivity contribution is 0.198. The third-order valence-corrected chi connectivity index (χ3v) is 8.18. The normalized spacial score (nSPS) is 16.0. The maximum absolute atomic E-state index is 12.8. The van der Waals surface area contributed by atoms with Gasteiger partial charge in [0, 0.05) is 30.5 Å². The van der Waals surface area contributed by atoms with Gasteiger partial charge in [0.1, 0.15) is 5.82 Å². The van der Waals surface area contributed by atoms with Crippen molar-refractivity contribution in [3.05, 3.63) is 66.4 Å². The molecule has 5 rings (SSSR count). The number of benzene rings is 2. The number of hydrogen-bond donors (Lipinski definition) is 2. The molecule has 1 aliphatic heterocycles. The number of pyridine rings is 1. The first kappa shape index (κ1) is 23.2. The average Bonchev–Trinajstić information content (AvgIpc) is 3.59.